The monoisotopic (exact) mass is 361 g/mol. The highest BCUT2D eigenvalue weighted by Gasteiger charge is 2.48. The normalized spacial score (nSPS) is 24.2. The summed E-state index contributed by atoms with van der Waals surface area (Å²) in [4.78, 5) is 3.85. The van der Waals surface area contributed by atoms with Crippen molar-refractivity contribution in [1.82, 2.24) is 0 Å². The van der Waals surface area contributed by atoms with Crippen LogP contribution in [0.3, 0.4) is 0 Å². The Morgan fingerprint density at radius 2 is 1.93 bits per heavy atom. The number of fused-ring (bicyclic) bond motifs is 5. The van der Waals surface area contributed by atoms with Gasteiger partial charge in [0.2, 0.25) is 0 Å². The lowest BCUT2D eigenvalue weighted by atomic mass is 9.67. The first kappa shape index (κ1) is 18.1. The predicted molar refractivity (Wildman–Crippen MR) is 112 cm³/mol. The fraction of sp³-hybridized carbons (Fsp3) is 0.375. The van der Waals surface area contributed by atoms with Crippen molar-refractivity contribution in [2.75, 3.05) is 20.8 Å². The molecule has 3 nitrogen and oxygen atoms in total. The highest BCUT2D eigenvalue weighted by atomic mass is 16.7. The van der Waals surface area contributed by atoms with Gasteiger partial charge in [0.25, 0.3) is 0 Å². The van der Waals surface area contributed by atoms with Crippen molar-refractivity contribution in [3.05, 3.63) is 65.8 Å². The Morgan fingerprint density at radius 3 is 2.63 bits per heavy atom. The summed E-state index contributed by atoms with van der Waals surface area (Å²) in [5.74, 6) is 0.286. The van der Waals surface area contributed by atoms with Crippen LogP contribution in [0.5, 0.6) is 0 Å². The molecule has 1 unspecified atom stereocenters. The Hall–Kier alpha value is -2.23. The first-order chi connectivity index (χ1) is 13.3. The third kappa shape index (κ3) is 3.26. The molecule has 2 atom stereocenters. The van der Waals surface area contributed by atoms with Gasteiger partial charge in [-0.3, -0.25) is 4.99 Å². The Bertz CT molecular complexity index is 882. The van der Waals surface area contributed by atoms with E-state index >= 15 is 0 Å². The molecule has 5 rings (SSSR count). The zero-order valence-corrected chi connectivity index (χ0v) is 16.1. The van der Waals surface area contributed by atoms with Gasteiger partial charge < -0.3 is 9.47 Å². The number of allylic oxidation sites excluding steroid dienone is 2. The van der Waals surface area contributed by atoms with E-state index in [0.29, 0.717) is 5.92 Å². The number of ether oxygens (including phenoxy) is 2. The van der Waals surface area contributed by atoms with E-state index in [1.807, 2.05) is 12.2 Å². The molecule has 1 heterocycles. The smallest absolute Gasteiger partial charge is 0.174 e. The number of hydrogen-bond acceptors (Lipinski definition) is 3. The summed E-state index contributed by atoms with van der Waals surface area (Å²) in [6.45, 7) is 0.889. The van der Waals surface area contributed by atoms with Crippen LogP contribution >= 0.6 is 0 Å². The molecule has 0 amide bonds. The van der Waals surface area contributed by atoms with Crippen molar-refractivity contribution in [3.8, 4) is 0 Å². The summed E-state index contributed by atoms with van der Waals surface area (Å²) in [6.07, 6.45) is 13.8. The van der Waals surface area contributed by atoms with E-state index in [0.717, 1.165) is 19.4 Å². The minimum atomic E-state index is -0.495. The summed E-state index contributed by atoms with van der Waals surface area (Å²) in [5, 5.41) is 2.61. The third-order valence-electron chi connectivity index (χ3n) is 6.04. The molecule has 2 aromatic rings. The molecular weight excluding hydrogens is 334 g/mol. The van der Waals surface area contributed by atoms with Crippen LogP contribution in [0.1, 0.15) is 36.3 Å². The molecular formula is C24H27NO2. The third-order valence-corrected chi connectivity index (χ3v) is 6.04. The second-order valence-corrected chi connectivity index (χ2v) is 7.34. The second-order valence-electron chi connectivity index (χ2n) is 7.34. The number of aliphatic imine (C=N–C) groups is 1. The lowest BCUT2D eigenvalue weighted by Gasteiger charge is -2.47. The Balaban J connectivity index is 0.000000314. The van der Waals surface area contributed by atoms with Crippen molar-refractivity contribution in [2.45, 2.75) is 31.0 Å². The van der Waals surface area contributed by atoms with Crippen LogP contribution in [0.4, 0.5) is 0 Å². The number of nitrogens with zero attached hydrogens (tertiary/aromatic N) is 1. The lowest BCUT2D eigenvalue weighted by molar-refractivity contribution is -0.241. The van der Waals surface area contributed by atoms with Crippen LogP contribution in [-0.4, -0.2) is 32.8 Å². The Labute approximate surface area is 161 Å². The van der Waals surface area contributed by atoms with Gasteiger partial charge in [-0.05, 0) is 46.7 Å². The van der Waals surface area contributed by atoms with Crippen molar-refractivity contribution < 1.29 is 9.47 Å². The van der Waals surface area contributed by atoms with Gasteiger partial charge in [0.1, 0.15) is 0 Å². The van der Waals surface area contributed by atoms with E-state index in [-0.39, 0.29) is 5.92 Å². The molecule has 0 saturated heterocycles. The molecule has 140 valence electrons. The SMILES string of the molecule is C1=CCN=C1.COC1(OC)CCCC2C=Cc3c(ccc4ccccc34)[C@H]21. The molecule has 3 heteroatoms. The molecule has 3 aliphatic rings. The van der Waals surface area contributed by atoms with Crippen LogP contribution < -0.4 is 0 Å². The topological polar surface area (TPSA) is 30.8 Å². The second kappa shape index (κ2) is 7.79. The fourth-order valence-corrected chi connectivity index (χ4v) is 4.74. The highest BCUT2D eigenvalue weighted by molar-refractivity contribution is 5.92. The zero-order chi connectivity index (χ0) is 18.7. The Morgan fingerprint density at radius 1 is 1.07 bits per heavy atom. The summed E-state index contributed by atoms with van der Waals surface area (Å²) < 4.78 is 11.8. The van der Waals surface area contributed by atoms with E-state index < -0.39 is 5.79 Å². The van der Waals surface area contributed by atoms with Crippen LogP contribution in [0.2, 0.25) is 0 Å². The maximum atomic E-state index is 5.91. The number of hydrogen-bond donors (Lipinski definition) is 0. The number of methoxy groups -OCH3 is 2. The first-order valence-corrected chi connectivity index (χ1v) is 9.74. The van der Waals surface area contributed by atoms with Gasteiger partial charge in [-0.25, -0.2) is 0 Å². The average Bonchev–Trinajstić information content (AvgIpc) is 3.33. The van der Waals surface area contributed by atoms with E-state index in [1.165, 1.54) is 28.3 Å². The van der Waals surface area contributed by atoms with Crippen LogP contribution in [0, 0.1) is 5.92 Å². The quantitative estimate of drug-likeness (QED) is 0.674. The molecule has 0 aromatic heterocycles. The van der Waals surface area contributed by atoms with Crippen molar-refractivity contribution in [2.24, 2.45) is 10.9 Å². The summed E-state index contributed by atoms with van der Waals surface area (Å²) in [5.41, 5.74) is 2.70. The van der Waals surface area contributed by atoms with Crippen LogP contribution in [0.25, 0.3) is 16.8 Å². The minimum Gasteiger partial charge on any atom is -0.353 e. The van der Waals surface area contributed by atoms with Gasteiger partial charge in [0, 0.05) is 32.8 Å². The summed E-state index contributed by atoms with van der Waals surface area (Å²) in [7, 11) is 3.57. The zero-order valence-electron chi connectivity index (χ0n) is 16.1. The molecule has 1 aliphatic heterocycles. The fourth-order valence-electron chi connectivity index (χ4n) is 4.74. The molecule has 0 N–H and O–H groups in total. The van der Waals surface area contributed by atoms with Gasteiger partial charge in [0.15, 0.2) is 5.79 Å². The largest absolute Gasteiger partial charge is 0.353 e. The van der Waals surface area contributed by atoms with Gasteiger partial charge in [-0.15, -0.1) is 0 Å². The van der Waals surface area contributed by atoms with E-state index in [1.54, 1.807) is 20.4 Å². The van der Waals surface area contributed by atoms with Crippen LogP contribution in [0.15, 0.2) is 59.6 Å². The van der Waals surface area contributed by atoms with Crippen molar-refractivity contribution in [3.63, 3.8) is 0 Å². The minimum absolute atomic E-state index is 0.279. The van der Waals surface area contributed by atoms with E-state index in [9.17, 15) is 0 Å². The van der Waals surface area contributed by atoms with Crippen LogP contribution in [-0.2, 0) is 9.47 Å². The maximum absolute atomic E-state index is 5.91. The molecule has 1 saturated carbocycles. The predicted octanol–water partition coefficient (Wildman–Crippen LogP) is 5.37. The van der Waals surface area contributed by atoms with Gasteiger partial charge in [-0.2, -0.15) is 0 Å². The molecule has 2 aromatic carbocycles. The molecule has 0 radical (unpaired) electrons. The molecule has 27 heavy (non-hydrogen) atoms. The molecule has 0 spiro atoms. The summed E-state index contributed by atoms with van der Waals surface area (Å²) in [6, 6.07) is 13.1. The Kier molecular flexibility index (Phi) is 5.24. The maximum Gasteiger partial charge on any atom is 0.174 e. The van der Waals surface area contributed by atoms with Gasteiger partial charge >= 0.3 is 0 Å². The first-order valence-electron chi connectivity index (χ1n) is 9.74. The average molecular weight is 361 g/mol. The number of benzene rings is 2. The molecule has 2 aliphatic carbocycles. The van der Waals surface area contributed by atoms with Gasteiger partial charge in [-0.1, -0.05) is 54.6 Å². The van der Waals surface area contributed by atoms with Crippen molar-refractivity contribution >= 4 is 23.1 Å². The lowest BCUT2D eigenvalue weighted by Crippen LogP contribution is -2.47. The van der Waals surface area contributed by atoms with E-state index in [4.69, 9.17) is 9.47 Å². The molecule has 1 fully saturated rings. The van der Waals surface area contributed by atoms with Crippen molar-refractivity contribution in [1.29, 1.82) is 0 Å². The summed E-state index contributed by atoms with van der Waals surface area (Å²) >= 11 is 0. The van der Waals surface area contributed by atoms with E-state index in [2.05, 4.69) is 53.5 Å². The van der Waals surface area contributed by atoms with Gasteiger partial charge in [0.05, 0.1) is 6.54 Å². The highest BCUT2D eigenvalue weighted by Crippen LogP contribution is 2.51. The number of rotatable bonds is 2. The molecule has 0 bridgehead atoms. The standard InChI is InChI=1S/C20H22O2.C4H5N/c1-21-20(22-2)13-5-7-15-10-11-17-16-8-4-3-6-14(16)9-12-18(17)19(15)20;1-2-4-5-3-1/h3-4,6,8-12,15,19H,5,7,13H2,1-2H3;1-3H,4H2/t15?,19-;/m0./s1.